The van der Waals surface area contributed by atoms with Crippen LogP contribution < -0.4 is 0 Å². The number of aromatic amines is 1. The Bertz CT molecular complexity index is 599. The van der Waals surface area contributed by atoms with Crippen molar-refractivity contribution in [3.63, 3.8) is 0 Å². The summed E-state index contributed by atoms with van der Waals surface area (Å²) in [6, 6.07) is 0. The molecule has 7 nitrogen and oxygen atoms in total. The first-order valence-electron chi connectivity index (χ1n) is 6.23. The molecule has 1 saturated carbocycles. The van der Waals surface area contributed by atoms with Crippen molar-refractivity contribution < 1.29 is 9.32 Å². The number of hydrogen-bond acceptors (Lipinski definition) is 5. The third kappa shape index (κ3) is 2.49. The molecule has 0 spiro atoms. The van der Waals surface area contributed by atoms with Gasteiger partial charge in [0.2, 0.25) is 5.89 Å². The predicted octanol–water partition coefficient (Wildman–Crippen LogP) is 1.25. The van der Waals surface area contributed by atoms with E-state index in [0.717, 1.165) is 18.5 Å². The van der Waals surface area contributed by atoms with Gasteiger partial charge in [0.1, 0.15) is 0 Å². The highest BCUT2D eigenvalue weighted by molar-refractivity contribution is 5.90. The zero-order valence-electron chi connectivity index (χ0n) is 10.9. The van der Waals surface area contributed by atoms with Gasteiger partial charge in [0.05, 0.1) is 6.54 Å². The Morgan fingerprint density at radius 1 is 1.58 bits per heavy atom. The van der Waals surface area contributed by atoms with Crippen LogP contribution in [-0.2, 0) is 6.54 Å². The molecule has 2 aromatic rings. The summed E-state index contributed by atoms with van der Waals surface area (Å²) in [6.45, 7) is 2.17. The van der Waals surface area contributed by atoms with Crippen molar-refractivity contribution in [3.05, 3.63) is 29.4 Å². The molecule has 3 rings (SSSR count). The Morgan fingerprint density at radius 2 is 2.37 bits per heavy atom. The fraction of sp³-hybridized carbons (Fsp3) is 0.500. The normalized spacial score (nSPS) is 14.6. The summed E-state index contributed by atoms with van der Waals surface area (Å²) in [7, 11) is 1.69. The Hall–Kier alpha value is -2.18. The SMILES string of the molecule is Cc1cnc(C(=O)N(C)Cc2noc(C3CC3)n2)[nH]1. The summed E-state index contributed by atoms with van der Waals surface area (Å²) in [5, 5.41) is 3.89. The van der Waals surface area contributed by atoms with E-state index in [1.54, 1.807) is 13.2 Å². The average Bonchev–Trinajstić information content (AvgIpc) is 2.99. The Morgan fingerprint density at radius 3 is 3.00 bits per heavy atom. The summed E-state index contributed by atoms with van der Waals surface area (Å²) in [6.07, 6.45) is 3.85. The molecule has 2 aromatic heterocycles. The molecule has 19 heavy (non-hydrogen) atoms. The molecule has 0 atom stereocenters. The minimum Gasteiger partial charge on any atom is -0.339 e. The second kappa shape index (κ2) is 4.49. The molecular formula is C12H15N5O2. The van der Waals surface area contributed by atoms with Gasteiger partial charge in [0, 0.05) is 24.9 Å². The van der Waals surface area contributed by atoms with E-state index in [1.807, 2.05) is 6.92 Å². The summed E-state index contributed by atoms with van der Waals surface area (Å²) < 4.78 is 5.16. The van der Waals surface area contributed by atoms with Crippen LogP contribution in [0.3, 0.4) is 0 Å². The zero-order valence-corrected chi connectivity index (χ0v) is 10.9. The number of aromatic nitrogens is 4. The van der Waals surface area contributed by atoms with Crippen LogP contribution in [0.15, 0.2) is 10.7 Å². The number of aryl methyl sites for hydroxylation is 1. The van der Waals surface area contributed by atoms with Gasteiger partial charge in [0.15, 0.2) is 11.6 Å². The zero-order chi connectivity index (χ0) is 13.4. The van der Waals surface area contributed by atoms with E-state index < -0.39 is 0 Å². The van der Waals surface area contributed by atoms with Crippen LogP contribution in [0, 0.1) is 6.92 Å². The van der Waals surface area contributed by atoms with E-state index in [0.29, 0.717) is 30.0 Å². The van der Waals surface area contributed by atoms with Crippen molar-refractivity contribution in [1.29, 1.82) is 0 Å². The van der Waals surface area contributed by atoms with E-state index in [9.17, 15) is 4.79 Å². The first kappa shape index (κ1) is 11.9. The number of amides is 1. The van der Waals surface area contributed by atoms with Gasteiger partial charge in [-0.25, -0.2) is 4.98 Å². The molecule has 0 aromatic carbocycles. The second-order valence-corrected chi connectivity index (χ2v) is 4.90. The van der Waals surface area contributed by atoms with Gasteiger partial charge in [-0.2, -0.15) is 4.98 Å². The molecule has 2 heterocycles. The lowest BCUT2D eigenvalue weighted by Crippen LogP contribution is -2.27. The van der Waals surface area contributed by atoms with Gasteiger partial charge < -0.3 is 14.4 Å². The fourth-order valence-corrected chi connectivity index (χ4v) is 1.81. The van der Waals surface area contributed by atoms with Crippen LogP contribution in [0.1, 0.15) is 46.8 Å². The van der Waals surface area contributed by atoms with E-state index >= 15 is 0 Å². The predicted molar refractivity (Wildman–Crippen MR) is 65.4 cm³/mol. The highest BCUT2D eigenvalue weighted by Crippen LogP contribution is 2.38. The first-order valence-corrected chi connectivity index (χ1v) is 6.23. The third-order valence-electron chi connectivity index (χ3n) is 3.04. The number of hydrogen-bond donors (Lipinski definition) is 1. The minimum atomic E-state index is -0.189. The van der Waals surface area contributed by atoms with Crippen molar-refractivity contribution in [2.75, 3.05) is 7.05 Å². The molecular weight excluding hydrogens is 246 g/mol. The molecule has 1 amide bonds. The first-order chi connectivity index (χ1) is 9.13. The monoisotopic (exact) mass is 261 g/mol. The molecule has 0 aliphatic heterocycles. The summed E-state index contributed by atoms with van der Waals surface area (Å²) >= 11 is 0. The van der Waals surface area contributed by atoms with Gasteiger partial charge in [-0.05, 0) is 19.8 Å². The van der Waals surface area contributed by atoms with Crippen LogP contribution in [0.5, 0.6) is 0 Å². The molecule has 0 unspecified atom stereocenters. The van der Waals surface area contributed by atoms with Crippen LogP contribution in [-0.4, -0.2) is 38.0 Å². The largest absolute Gasteiger partial charge is 0.339 e. The molecule has 1 aliphatic carbocycles. The van der Waals surface area contributed by atoms with Crippen molar-refractivity contribution in [1.82, 2.24) is 25.0 Å². The number of H-pyrrole nitrogens is 1. The maximum absolute atomic E-state index is 12.1. The Labute approximate surface area is 110 Å². The molecule has 0 saturated heterocycles. The van der Waals surface area contributed by atoms with Gasteiger partial charge in [-0.15, -0.1) is 0 Å². The third-order valence-corrected chi connectivity index (χ3v) is 3.04. The van der Waals surface area contributed by atoms with Crippen LogP contribution >= 0.6 is 0 Å². The quantitative estimate of drug-likeness (QED) is 0.894. The molecule has 1 N–H and O–H groups in total. The lowest BCUT2D eigenvalue weighted by Gasteiger charge is -2.12. The van der Waals surface area contributed by atoms with E-state index in [-0.39, 0.29) is 5.91 Å². The van der Waals surface area contributed by atoms with Crippen LogP contribution in [0.4, 0.5) is 0 Å². The average molecular weight is 261 g/mol. The molecule has 1 fully saturated rings. The van der Waals surface area contributed by atoms with Gasteiger partial charge in [-0.3, -0.25) is 4.79 Å². The summed E-state index contributed by atoms with van der Waals surface area (Å²) in [5.74, 6) is 1.78. The Balaban J connectivity index is 1.66. The minimum absolute atomic E-state index is 0.189. The Kier molecular flexibility index (Phi) is 2.81. The van der Waals surface area contributed by atoms with Crippen molar-refractivity contribution in [2.24, 2.45) is 0 Å². The summed E-state index contributed by atoms with van der Waals surface area (Å²) in [4.78, 5) is 24.8. The van der Waals surface area contributed by atoms with Crippen molar-refractivity contribution in [2.45, 2.75) is 32.2 Å². The fourth-order valence-electron chi connectivity index (χ4n) is 1.81. The second-order valence-electron chi connectivity index (χ2n) is 4.90. The lowest BCUT2D eigenvalue weighted by molar-refractivity contribution is 0.0769. The van der Waals surface area contributed by atoms with E-state index in [4.69, 9.17) is 4.52 Å². The van der Waals surface area contributed by atoms with Gasteiger partial charge in [0.25, 0.3) is 5.91 Å². The molecule has 0 bridgehead atoms. The highest BCUT2D eigenvalue weighted by atomic mass is 16.5. The topological polar surface area (TPSA) is 87.9 Å². The maximum Gasteiger partial charge on any atom is 0.289 e. The van der Waals surface area contributed by atoms with E-state index in [1.165, 1.54) is 4.90 Å². The van der Waals surface area contributed by atoms with Crippen LogP contribution in [0.2, 0.25) is 0 Å². The molecule has 100 valence electrons. The summed E-state index contributed by atoms with van der Waals surface area (Å²) in [5.41, 5.74) is 0.854. The smallest absolute Gasteiger partial charge is 0.289 e. The number of carbonyl (C=O) groups is 1. The molecule has 1 aliphatic rings. The maximum atomic E-state index is 12.1. The number of nitrogens with one attached hydrogen (secondary N) is 1. The molecule has 0 radical (unpaired) electrons. The number of rotatable bonds is 4. The number of nitrogens with zero attached hydrogens (tertiary/aromatic N) is 4. The van der Waals surface area contributed by atoms with Gasteiger partial charge in [-0.1, -0.05) is 5.16 Å². The molecule has 7 heteroatoms. The van der Waals surface area contributed by atoms with Gasteiger partial charge >= 0.3 is 0 Å². The standard InChI is InChI=1S/C12H15N5O2/c1-7-5-13-10(14-7)12(18)17(2)6-9-15-11(19-16-9)8-3-4-8/h5,8H,3-4,6H2,1-2H3,(H,13,14). The van der Waals surface area contributed by atoms with Crippen LogP contribution in [0.25, 0.3) is 0 Å². The van der Waals surface area contributed by atoms with Crippen molar-refractivity contribution >= 4 is 5.91 Å². The number of carbonyl (C=O) groups excluding carboxylic acids is 1. The van der Waals surface area contributed by atoms with Crippen molar-refractivity contribution in [3.8, 4) is 0 Å². The number of imidazole rings is 1. The van der Waals surface area contributed by atoms with E-state index in [2.05, 4.69) is 20.1 Å². The lowest BCUT2D eigenvalue weighted by atomic mass is 10.4. The highest BCUT2D eigenvalue weighted by Gasteiger charge is 2.30.